The van der Waals surface area contributed by atoms with Crippen LogP contribution in [-0.4, -0.2) is 26.9 Å². The average molecular weight is 465 g/mol. The van der Waals surface area contributed by atoms with Crippen LogP contribution in [0, 0.1) is 0 Å². The van der Waals surface area contributed by atoms with Crippen LogP contribution in [0.4, 0.5) is 0 Å². The van der Waals surface area contributed by atoms with E-state index in [4.69, 9.17) is 23.7 Å². The van der Waals surface area contributed by atoms with Crippen molar-refractivity contribution in [1.29, 1.82) is 0 Å². The summed E-state index contributed by atoms with van der Waals surface area (Å²) in [6, 6.07) is 20.1. The zero-order valence-corrected chi connectivity index (χ0v) is 20.8. The first-order chi connectivity index (χ1) is 16.7. The molecule has 3 aromatic rings. The van der Waals surface area contributed by atoms with Crippen molar-refractivity contribution in [3.63, 3.8) is 0 Å². The maximum Gasteiger partial charge on any atom is 0.126 e. The van der Waals surface area contributed by atoms with Crippen LogP contribution in [0.1, 0.15) is 43.9 Å². The molecule has 0 heterocycles. The highest BCUT2D eigenvalue weighted by Gasteiger charge is 2.10. The van der Waals surface area contributed by atoms with Gasteiger partial charge in [-0.1, -0.05) is 24.3 Å². The lowest BCUT2D eigenvalue weighted by atomic mass is 10.0. The van der Waals surface area contributed by atoms with Gasteiger partial charge in [-0.2, -0.15) is 0 Å². The molecule has 0 aliphatic carbocycles. The summed E-state index contributed by atoms with van der Waals surface area (Å²) < 4.78 is 28.6. The van der Waals surface area contributed by atoms with E-state index in [0.29, 0.717) is 26.4 Å². The van der Waals surface area contributed by atoms with E-state index in [1.165, 1.54) is 11.1 Å². The van der Waals surface area contributed by atoms with E-state index in [-0.39, 0.29) is 0 Å². The van der Waals surface area contributed by atoms with Gasteiger partial charge in [0.25, 0.3) is 0 Å². The summed E-state index contributed by atoms with van der Waals surface area (Å²) in [6.45, 7) is 8.38. The van der Waals surface area contributed by atoms with Gasteiger partial charge in [-0.05, 0) is 81.0 Å². The molecular formula is C29H36O5. The largest absolute Gasteiger partial charge is 0.497 e. The van der Waals surface area contributed by atoms with Crippen LogP contribution in [0.3, 0.4) is 0 Å². The summed E-state index contributed by atoms with van der Waals surface area (Å²) in [5.74, 6) is 4.27. The molecule has 182 valence electrons. The molecule has 0 unspecified atom stereocenters. The Morgan fingerprint density at radius 3 is 1.56 bits per heavy atom. The number of rotatable bonds is 14. The lowest BCUT2D eigenvalue weighted by Crippen LogP contribution is -2.02. The summed E-state index contributed by atoms with van der Waals surface area (Å²) in [4.78, 5) is 0. The maximum absolute atomic E-state index is 6.01. The first-order valence-corrected chi connectivity index (χ1v) is 12.1. The van der Waals surface area contributed by atoms with Gasteiger partial charge in [0, 0.05) is 12.1 Å². The highest BCUT2D eigenvalue weighted by Crippen LogP contribution is 2.30. The molecule has 3 rings (SSSR count). The molecule has 0 fully saturated rings. The Balaban J connectivity index is 1.61. The van der Waals surface area contributed by atoms with Crippen molar-refractivity contribution in [3.05, 3.63) is 77.4 Å². The number of ether oxygens (including phenoxy) is 5. The van der Waals surface area contributed by atoms with Crippen LogP contribution in [0.2, 0.25) is 0 Å². The summed E-state index contributed by atoms with van der Waals surface area (Å²) in [5, 5.41) is 0. The van der Waals surface area contributed by atoms with Crippen molar-refractivity contribution in [2.24, 2.45) is 0 Å². The molecule has 0 aromatic heterocycles. The molecule has 0 N–H and O–H groups in total. The van der Waals surface area contributed by atoms with Gasteiger partial charge in [0.15, 0.2) is 0 Å². The smallest absolute Gasteiger partial charge is 0.126 e. The fraction of sp³-hybridized carbons (Fsp3) is 0.379. The molecular weight excluding hydrogens is 428 g/mol. The lowest BCUT2D eigenvalue weighted by molar-refractivity contribution is 0.298. The standard InChI is InChI=1S/C29H36O5/c1-5-31-26-17-13-23(28(19-26)32-6-2)9-8-10-24-14-18-27(20-29(24)33-7-3)34-21-22-11-15-25(30-4)16-12-22/h11-20H,5-10,21H2,1-4H3. The third-order valence-corrected chi connectivity index (χ3v) is 5.44. The molecule has 0 saturated carbocycles. The van der Waals surface area contributed by atoms with Gasteiger partial charge in [-0.3, -0.25) is 0 Å². The van der Waals surface area contributed by atoms with Crippen LogP contribution >= 0.6 is 0 Å². The molecule has 0 atom stereocenters. The van der Waals surface area contributed by atoms with Crippen LogP contribution in [0.5, 0.6) is 28.7 Å². The lowest BCUT2D eigenvalue weighted by Gasteiger charge is -2.15. The molecule has 3 aromatic carbocycles. The molecule has 0 aliphatic heterocycles. The Kier molecular flexibility index (Phi) is 9.96. The first kappa shape index (κ1) is 25.3. The van der Waals surface area contributed by atoms with E-state index in [9.17, 15) is 0 Å². The maximum atomic E-state index is 6.01. The van der Waals surface area contributed by atoms with Crippen molar-refractivity contribution in [2.75, 3.05) is 26.9 Å². The topological polar surface area (TPSA) is 46.2 Å². The number of hydrogen-bond donors (Lipinski definition) is 0. The van der Waals surface area contributed by atoms with Crippen LogP contribution in [-0.2, 0) is 19.4 Å². The predicted molar refractivity (Wildman–Crippen MR) is 136 cm³/mol. The molecule has 0 spiro atoms. The fourth-order valence-electron chi connectivity index (χ4n) is 3.77. The first-order valence-electron chi connectivity index (χ1n) is 12.1. The van der Waals surface area contributed by atoms with E-state index in [2.05, 4.69) is 12.1 Å². The summed E-state index contributed by atoms with van der Waals surface area (Å²) in [6.07, 6.45) is 2.82. The van der Waals surface area contributed by atoms with Crippen molar-refractivity contribution in [2.45, 2.75) is 46.6 Å². The van der Waals surface area contributed by atoms with Gasteiger partial charge < -0.3 is 23.7 Å². The molecule has 5 nitrogen and oxygen atoms in total. The quantitative estimate of drug-likeness (QED) is 0.267. The number of aryl methyl sites for hydroxylation is 2. The molecule has 0 radical (unpaired) electrons. The Labute approximate surface area is 203 Å². The molecule has 0 saturated heterocycles. The Morgan fingerprint density at radius 1 is 0.559 bits per heavy atom. The third-order valence-electron chi connectivity index (χ3n) is 5.44. The molecule has 5 heteroatoms. The van der Waals surface area contributed by atoms with Gasteiger partial charge >= 0.3 is 0 Å². The highest BCUT2D eigenvalue weighted by atomic mass is 16.5. The minimum absolute atomic E-state index is 0.493. The van der Waals surface area contributed by atoms with Crippen molar-refractivity contribution < 1.29 is 23.7 Å². The second-order valence-electron chi connectivity index (χ2n) is 7.83. The van der Waals surface area contributed by atoms with Gasteiger partial charge in [0.05, 0.1) is 26.9 Å². The summed E-state index contributed by atoms with van der Waals surface area (Å²) in [5.41, 5.74) is 3.47. The van der Waals surface area contributed by atoms with Crippen LogP contribution in [0.15, 0.2) is 60.7 Å². The fourth-order valence-corrected chi connectivity index (χ4v) is 3.77. The monoisotopic (exact) mass is 464 g/mol. The van der Waals surface area contributed by atoms with Crippen molar-refractivity contribution in [3.8, 4) is 28.7 Å². The molecule has 0 bridgehead atoms. The van der Waals surface area contributed by atoms with E-state index >= 15 is 0 Å². The van der Waals surface area contributed by atoms with Crippen LogP contribution < -0.4 is 23.7 Å². The minimum atomic E-state index is 0.493. The molecule has 34 heavy (non-hydrogen) atoms. The van der Waals surface area contributed by atoms with Gasteiger partial charge in [0.1, 0.15) is 35.4 Å². The van der Waals surface area contributed by atoms with E-state index in [1.807, 2.05) is 69.3 Å². The minimum Gasteiger partial charge on any atom is -0.497 e. The Morgan fingerprint density at radius 2 is 1.06 bits per heavy atom. The van der Waals surface area contributed by atoms with Gasteiger partial charge in [0.2, 0.25) is 0 Å². The average Bonchev–Trinajstić information content (AvgIpc) is 2.86. The number of hydrogen-bond acceptors (Lipinski definition) is 5. The molecule has 0 amide bonds. The van der Waals surface area contributed by atoms with Gasteiger partial charge in [-0.15, -0.1) is 0 Å². The van der Waals surface area contributed by atoms with Crippen LogP contribution in [0.25, 0.3) is 0 Å². The zero-order chi connectivity index (χ0) is 24.2. The van der Waals surface area contributed by atoms with E-state index in [0.717, 1.165) is 53.6 Å². The summed E-state index contributed by atoms with van der Waals surface area (Å²) in [7, 11) is 1.67. The second kappa shape index (κ2) is 13.4. The van der Waals surface area contributed by atoms with Gasteiger partial charge in [-0.25, -0.2) is 0 Å². The zero-order valence-electron chi connectivity index (χ0n) is 20.8. The van der Waals surface area contributed by atoms with Crippen molar-refractivity contribution in [1.82, 2.24) is 0 Å². The SMILES string of the molecule is CCOc1ccc(CCCc2ccc(OCc3ccc(OC)cc3)cc2OCC)c(OCC)c1. The van der Waals surface area contributed by atoms with Crippen molar-refractivity contribution >= 4 is 0 Å². The normalized spacial score (nSPS) is 10.6. The molecule has 0 aliphatic rings. The Hall–Kier alpha value is -3.34. The number of methoxy groups -OCH3 is 1. The number of benzene rings is 3. The van der Waals surface area contributed by atoms with E-state index < -0.39 is 0 Å². The highest BCUT2D eigenvalue weighted by molar-refractivity contribution is 5.43. The van der Waals surface area contributed by atoms with E-state index in [1.54, 1.807) is 7.11 Å². The Bertz CT molecular complexity index is 1010. The second-order valence-corrected chi connectivity index (χ2v) is 7.83. The summed E-state index contributed by atoms with van der Waals surface area (Å²) >= 11 is 0. The third kappa shape index (κ3) is 7.34. The predicted octanol–water partition coefficient (Wildman–Crippen LogP) is 6.65.